The summed E-state index contributed by atoms with van der Waals surface area (Å²) >= 11 is 0. The molecule has 1 unspecified atom stereocenters. The average molecular weight is 390 g/mol. The standard InChI is InChI=1S/C27H33S/c1-20-19-22(27(5,6)7)15-18-25(20)28(23-11-9-8-10-12-23)24-16-13-21(14-17-24)26(2,3)4/h8-19H,1-7H3/q+1. The van der Waals surface area contributed by atoms with Crippen molar-refractivity contribution in [3.05, 3.63) is 89.5 Å². The highest BCUT2D eigenvalue weighted by atomic mass is 32.2. The lowest BCUT2D eigenvalue weighted by atomic mass is 9.86. The fraction of sp³-hybridized carbons (Fsp3) is 0.333. The molecule has 0 fully saturated rings. The first-order chi connectivity index (χ1) is 13.1. The third-order valence-electron chi connectivity index (χ3n) is 5.20. The molecule has 1 heteroatoms. The summed E-state index contributed by atoms with van der Waals surface area (Å²) in [4.78, 5) is 4.17. The molecule has 0 aliphatic rings. The molecule has 0 radical (unpaired) electrons. The number of hydrogen-bond donors (Lipinski definition) is 0. The second-order valence-corrected chi connectivity index (χ2v) is 11.6. The molecule has 0 saturated heterocycles. The molecule has 0 saturated carbocycles. The van der Waals surface area contributed by atoms with Gasteiger partial charge in [-0.3, -0.25) is 0 Å². The van der Waals surface area contributed by atoms with E-state index in [0.717, 1.165) is 0 Å². The van der Waals surface area contributed by atoms with Crippen LogP contribution in [0.3, 0.4) is 0 Å². The van der Waals surface area contributed by atoms with Crippen LogP contribution in [-0.2, 0) is 21.7 Å². The molecule has 3 aromatic rings. The smallest absolute Gasteiger partial charge is 0.0619 e. The van der Waals surface area contributed by atoms with Gasteiger partial charge in [0.25, 0.3) is 0 Å². The van der Waals surface area contributed by atoms with Gasteiger partial charge in [-0.1, -0.05) is 84.0 Å². The van der Waals surface area contributed by atoms with Gasteiger partial charge in [-0.25, -0.2) is 0 Å². The van der Waals surface area contributed by atoms with Crippen LogP contribution >= 0.6 is 0 Å². The molecular formula is C27H33S+. The molecule has 0 heterocycles. The quantitative estimate of drug-likeness (QED) is 0.403. The molecule has 0 aliphatic carbocycles. The highest BCUT2D eigenvalue weighted by Gasteiger charge is 2.31. The van der Waals surface area contributed by atoms with E-state index in [-0.39, 0.29) is 21.7 Å². The van der Waals surface area contributed by atoms with E-state index in [2.05, 4.69) is 121 Å². The van der Waals surface area contributed by atoms with Crippen molar-refractivity contribution in [1.29, 1.82) is 0 Å². The zero-order valence-electron chi connectivity index (χ0n) is 18.3. The zero-order chi connectivity index (χ0) is 20.5. The molecule has 0 nitrogen and oxygen atoms in total. The second-order valence-electron chi connectivity index (χ2n) is 9.62. The molecule has 0 amide bonds. The zero-order valence-corrected chi connectivity index (χ0v) is 19.2. The lowest BCUT2D eigenvalue weighted by Crippen LogP contribution is -2.14. The predicted molar refractivity (Wildman–Crippen MR) is 124 cm³/mol. The van der Waals surface area contributed by atoms with Crippen molar-refractivity contribution in [2.45, 2.75) is 74.0 Å². The molecule has 1 atom stereocenters. The largest absolute Gasteiger partial charge is 0.169 e. The Labute approximate surface area is 174 Å². The van der Waals surface area contributed by atoms with Crippen molar-refractivity contribution in [3.63, 3.8) is 0 Å². The topological polar surface area (TPSA) is 0 Å². The Morgan fingerprint density at radius 3 is 1.57 bits per heavy atom. The molecule has 0 spiro atoms. The van der Waals surface area contributed by atoms with E-state index in [1.165, 1.54) is 31.4 Å². The second kappa shape index (κ2) is 7.79. The predicted octanol–water partition coefficient (Wildman–Crippen LogP) is 7.69. The maximum atomic E-state index is 2.38. The first-order valence-electron chi connectivity index (χ1n) is 10.1. The molecule has 146 valence electrons. The van der Waals surface area contributed by atoms with Crippen LogP contribution in [0.4, 0.5) is 0 Å². The number of benzene rings is 3. The van der Waals surface area contributed by atoms with Gasteiger partial charge in [0, 0.05) is 5.56 Å². The van der Waals surface area contributed by atoms with E-state index >= 15 is 0 Å². The lowest BCUT2D eigenvalue weighted by molar-refractivity contribution is 0.589. The van der Waals surface area contributed by atoms with Crippen LogP contribution < -0.4 is 0 Å². The van der Waals surface area contributed by atoms with Gasteiger partial charge in [-0.05, 0) is 59.2 Å². The summed E-state index contributed by atoms with van der Waals surface area (Å²) in [6.45, 7) is 15.9. The fourth-order valence-corrected chi connectivity index (χ4v) is 5.59. The monoisotopic (exact) mass is 389 g/mol. The number of hydrogen-bond acceptors (Lipinski definition) is 0. The molecule has 0 N–H and O–H groups in total. The summed E-state index contributed by atoms with van der Waals surface area (Å²) in [5.41, 5.74) is 4.50. The van der Waals surface area contributed by atoms with Crippen LogP contribution in [0.2, 0.25) is 0 Å². The molecular weight excluding hydrogens is 356 g/mol. The van der Waals surface area contributed by atoms with E-state index in [9.17, 15) is 0 Å². The molecule has 0 aliphatic heterocycles. The van der Waals surface area contributed by atoms with Crippen LogP contribution in [0.5, 0.6) is 0 Å². The van der Waals surface area contributed by atoms with E-state index < -0.39 is 0 Å². The van der Waals surface area contributed by atoms with Gasteiger partial charge in [-0.2, -0.15) is 0 Å². The Kier molecular flexibility index (Phi) is 5.77. The lowest BCUT2D eigenvalue weighted by Gasteiger charge is -2.21. The average Bonchev–Trinajstić information content (AvgIpc) is 2.63. The van der Waals surface area contributed by atoms with Gasteiger partial charge >= 0.3 is 0 Å². The Hall–Kier alpha value is -1.99. The molecule has 28 heavy (non-hydrogen) atoms. The van der Waals surface area contributed by atoms with Crippen LogP contribution in [0.15, 0.2) is 87.5 Å². The third kappa shape index (κ3) is 4.52. The summed E-state index contributed by atoms with van der Waals surface area (Å²) in [6, 6.07) is 27.2. The Balaban J connectivity index is 2.12. The minimum atomic E-state index is -0.0963. The van der Waals surface area contributed by atoms with Gasteiger partial charge in [0.05, 0.1) is 10.9 Å². The van der Waals surface area contributed by atoms with Crippen LogP contribution in [0, 0.1) is 6.92 Å². The van der Waals surface area contributed by atoms with Gasteiger partial charge < -0.3 is 0 Å². The van der Waals surface area contributed by atoms with Crippen molar-refractivity contribution >= 4 is 10.9 Å². The number of rotatable bonds is 3. The molecule has 3 aromatic carbocycles. The first-order valence-corrected chi connectivity index (χ1v) is 11.3. The summed E-state index contributed by atoms with van der Waals surface area (Å²) in [5, 5.41) is 0. The van der Waals surface area contributed by atoms with Gasteiger partial charge in [0.15, 0.2) is 14.7 Å². The highest BCUT2D eigenvalue weighted by Crippen LogP contribution is 2.36. The minimum Gasteiger partial charge on any atom is -0.0619 e. The van der Waals surface area contributed by atoms with Crippen molar-refractivity contribution in [2.75, 3.05) is 0 Å². The Morgan fingerprint density at radius 1 is 0.571 bits per heavy atom. The first kappa shape index (κ1) is 20.7. The summed E-state index contributed by atoms with van der Waals surface area (Å²) < 4.78 is 0. The maximum absolute atomic E-state index is 2.38. The SMILES string of the molecule is Cc1cc(C(C)(C)C)ccc1[S+](c1ccccc1)c1ccc(C(C)(C)C)cc1. The minimum absolute atomic E-state index is 0.0963. The van der Waals surface area contributed by atoms with Crippen LogP contribution in [0.1, 0.15) is 58.2 Å². The molecule has 0 bridgehead atoms. The maximum Gasteiger partial charge on any atom is 0.169 e. The van der Waals surface area contributed by atoms with E-state index in [1.807, 2.05) is 0 Å². The normalized spacial score (nSPS) is 13.4. The van der Waals surface area contributed by atoms with Gasteiger partial charge in [0.1, 0.15) is 0 Å². The summed E-state index contributed by atoms with van der Waals surface area (Å²) in [7, 11) is -0.0963. The van der Waals surface area contributed by atoms with Crippen molar-refractivity contribution in [2.24, 2.45) is 0 Å². The van der Waals surface area contributed by atoms with Crippen LogP contribution in [0.25, 0.3) is 0 Å². The van der Waals surface area contributed by atoms with Gasteiger partial charge in [-0.15, -0.1) is 0 Å². The van der Waals surface area contributed by atoms with Crippen molar-refractivity contribution in [3.8, 4) is 0 Å². The van der Waals surface area contributed by atoms with E-state index in [0.29, 0.717) is 0 Å². The van der Waals surface area contributed by atoms with E-state index in [1.54, 1.807) is 0 Å². The fourth-order valence-electron chi connectivity index (χ4n) is 3.38. The molecule has 3 rings (SSSR count). The van der Waals surface area contributed by atoms with Gasteiger partial charge in [0.2, 0.25) is 0 Å². The van der Waals surface area contributed by atoms with E-state index in [4.69, 9.17) is 0 Å². The Bertz CT molecular complexity index is 923. The van der Waals surface area contributed by atoms with Crippen molar-refractivity contribution < 1.29 is 0 Å². The summed E-state index contributed by atoms with van der Waals surface area (Å²) in [6.07, 6.45) is 0. The van der Waals surface area contributed by atoms with Crippen molar-refractivity contribution in [1.82, 2.24) is 0 Å². The third-order valence-corrected chi connectivity index (χ3v) is 7.58. The highest BCUT2D eigenvalue weighted by molar-refractivity contribution is 7.97. The number of aryl methyl sites for hydroxylation is 1. The summed E-state index contributed by atoms with van der Waals surface area (Å²) in [5.74, 6) is 0. The Morgan fingerprint density at radius 2 is 1.07 bits per heavy atom. The molecule has 0 aromatic heterocycles. The van der Waals surface area contributed by atoms with Crippen LogP contribution in [-0.4, -0.2) is 0 Å².